The van der Waals surface area contributed by atoms with Crippen LogP contribution in [0.4, 0.5) is 11.4 Å². The van der Waals surface area contributed by atoms with E-state index < -0.39 is 0 Å². The van der Waals surface area contributed by atoms with Gasteiger partial charge in [-0.1, -0.05) is 18.2 Å². The lowest BCUT2D eigenvalue weighted by atomic mass is 10.1. The average molecular weight is 453 g/mol. The molecular weight excluding hydrogens is 424 g/mol. The first-order valence-electron chi connectivity index (χ1n) is 12.1. The number of hydrogen-bond acceptors (Lipinski definition) is 4. The molecule has 0 spiro atoms. The van der Waals surface area contributed by atoms with Gasteiger partial charge in [-0.2, -0.15) is 5.10 Å². The number of rotatable bonds is 5. The van der Waals surface area contributed by atoms with Crippen LogP contribution in [0, 0.1) is 0 Å². The summed E-state index contributed by atoms with van der Waals surface area (Å²) in [6.45, 7) is 1.73. The number of fused-ring (bicyclic) bond motifs is 1. The summed E-state index contributed by atoms with van der Waals surface area (Å²) in [5.41, 5.74) is 4.75. The summed E-state index contributed by atoms with van der Waals surface area (Å²) in [6, 6.07) is 24.4. The molecule has 0 unspecified atom stereocenters. The number of carbonyl (C=O) groups is 1. The van der Waals surface area contributed by atoms with E-state index in [1.165, 1.54) is 0 Å². The van der Waals surface area contributed by atoms with Gasteiger partial charge in [-0.05, 0) is 80.3 Å². The molecule has 1 N–H and O–H groups in total. The highest BCUT2D eigenvalue weighted by Gasteiger charge is 2.34. The minimum Gasteiger partial charge on any atom is -0.393 e. The van der Waals surface area contributed by atoms with Crippen molar-refractivity contribution in [1.82, 2.24) is 9.78 Å². The van der Waals surface area contributed by atoms with Gasteiger partial charge in [-0.25, -0.2) is 4.68 Å². The molecule has 1 saturated carbocycles. The van der Waals surface area contributed by atoms with Crippen LogP contribution in [0.1, 0.15) is 36.0 Å². The van der Waals surface area contributed by atoms with Gasteiger partial charge >= 0.3 is 0 Å². The standard InChI is InChI=1S/C28H28N4O2/c33-26-15-17-30(18-16-26)22-9-11-23(12-10-22)31(24-13-14-24)28(34)20-5-7-25(8-6-20)32-27-4-2-1-3-21(27)19-29-32/h1-12,19,24,26,33H,13-18H2. The molecule has 2 heterocycles. The predicted molar refractivity (Wildman–Crippen MR) is 135 cm³/mol. The molecule has 1 aliphatic heterocycles. The quantitative estimate of drug-likeness (QED) is 0.473. The Kier molecular flexibility index (Phi) is 5.30. The minimum absolute atomic E-state index is 0.0354. The summed E-state index contributed by atoms with van der Waals surface area (Å²) in [5.74, 6) is 0.0354. The van der Waals surface area contributed by atoms with Gasteiger partial charge in [0.25, 0.3) is 5.91 Å². The monoisotopic (exact) mass is 452 g/mol. The molecule has 34 heavy (non-hydrogen) atoms. The normalized spacial score (nSPS) is 16.7. The summed E-state index contributed by atoms with van der Waals surface area (Å²) in [4.78, 5) is 17.8. The third-order valence-corrected chi connectivity index (χ3v) is 6.92. The second kappa shape index (κ2) is 8.61. The fourth-order valence-corrected chi connectivity index (χ4v) is 4.84. The van der Waals surface area contributed by atoms with Crippen molar-refractivity contribution in [3.05, 3.63) is 84.6 Å². The summed E-state index contributed by atoms with van der Waals surface area (Å²) in [7, 11) is 0. The minimum atomic E-state index is -0.183. The van der Waals surface area contributed by atoms with Gasteiger partial charge in [-0.3, -0.25) is 4.79 Å². The lowest BCUT2D eigenvalue weighted by Gasteiger charge is -2.32. The van der Waals surface area contributed by atoms with Crippen molar-refractivity contribution in [2.75, 3.05) is 22.9 Å². The fraction of sp³-hybridized carbons (Fsp3) is 0.286. The first-order chi connectivity index (χ1) is 16.7. The SMILES string of the molecule is O=C(c1ccc(-n2ncc3ccccc32)cc1)N(c1ccc(N2CCC(O)CC2)cc1)C1CC1. The maximum atomic E-state index is 13.5. The number of aromatic nitrogens is 2. The zero-order valence-corrected chi connectivity index (χ0v) is 19.0. The van der Waals surface area contributed by atoms with Crippen LogP contribution in [0.15, 0.2) is 79.0 Å². The first-order valence-corrected chi connectivity index (χ1v) is 12.1. The highest BCUT2D eigenvalue weighted by Crippen LogP contribution is 2.34. The molecule has 6 nitrogen and oxygen atoms in total. The van der Waals surface area contributed by atoms with Gasteiger partial charge in [0.15, 0.2) is 0 Å². The zero-order valence-electron chi connectivity index (χ0n) is 19.0. The lowest BCUT2D eigenvalue weighted by Crippen LogP contribution is -2.36. The third kappa shape index (κ3) is 3.94. The Labute approximate surface area is 199 Å². The summed E-state index contributed by atoms with van der Waals surface area (Å²) >= 11 is 0. The van der Waals surface area contributed by atoms with Gasteiger partial charge in [0, 0.05) is 41.5 Å². The molecule has 6 heteroatoms. The number of anilines is 2. The van der Waals surface area contributed by atoms with Crippen LogP contribution in [0.2, 0.25) is 0 Å². The number of aliphatic hydroxyl groups is 1. The predicted octanol–water partition coefficient (Wildman–Crippen LogP) is 4.80. The van der Waals surface area contributed by atoms with E-state index >= 15 is 0 Å². The van der Waals surface area contributed by atoms with Gasteiger partial charge < -0.3 is 14.9 Å². The smallest absolute Gasteiger partial charge is 0.258 e. The third-order valence-electron chi connectivity index (χ3n) is 6.92. The number of hydrogen-bond donors (Lipinski definition) is 1. The molecule has 3 aromatic carbocycles. The maximum absolute atomic E-state index is 13.5. The van der Waals surface area contributed by atoms with Gasteiger partial charge in [0.1, 0.15) is 0 Å². The number of benzene rings is 3. The number of piperidine rings is 1. The van der Waals surface area contributed by atoms with Gasteiger partial charge in [0.05, 0.1) is 23.5 Å². The van der Waals surface area contributed by atoms with Crippen molar-refractivity contribution in [1.29, 1.82) is 0 Å². The molecule has 1 aromatic heterocycles. The first kappa shape index (κ1) is 20.9. The Hall–Kier alpha value is -3.64. The summed E-state index contributed by atoms with van der Waals surface area (Å²) in [6.07, 6.45) is 5.36. The molecule has 6 rings (SSSR count). The molecule has 0 bridgehead atoms. The summed E-state index contributed by atoms with van der Waals surface area (Å²) in [5, 5.41) is 15.4. The molecule has 2 fully saturated rings. The molecule has 0 radical (unpaired) electrons. The summed E-state index contributed by atoms with van der Waals surface area (Å²) < 4.78 is 1.90. The Morgan fingerprint density at radius 2 is 1.53 bits per heavy atom. The highest BCUT2D eigenvalue weighted by atomic mass is 16.3. The molecule has 1 saturated heterocycles. The molecule has 0 atom stereocenters. The van der Waals surface area contributed by atoms with E-state index in [0.29, 0.717) is 5.56 Å². The van der Waals surface area contributed by atoms with Gasteiger partial charge in [-0.15, -0.1) is 0 Å². The molecule has 172 valence electrons. The van der Waals surface area contributed by atoms with Crippen LogP contribution < -0.4 is 9.80 Å². The van der Waals surface area contributed by atoms with Crippen LogP contribution in [-0.2, 0) is 0 Å². The average Bonchev–Trinajstić information content (AvgIpc) is 3.62. The van der Waals surface area contributed by atoms with Crippen molar-refractivity contribution >= 4 is 28.2 Å². The molecular formula is C28H28N4O2. The second-order valence-electron chi connectivity index (χ2n) is 9.30. The van der Waals surface area contributed by atoms with Crippen molar-refractivity contribution < 1.29 is 9.90 Å². The number of nitrogens with zero attached hydrogens (tertiary/aromatic N) is 4. The van der Waals surface area contributed by atoms with Crippen molar-refractivity contribution in [2.45, 2.75) is 37.8 Å². The van der Waals surface area contributed by atoms with E-state index in [-0.39, 0.29) is 18.1 Å². The van der Waals surface area contributed by atoms with E-state index in [1.807, 2.05) is 64.3 Å². The topological polar surface area (TPSA) is 61.6 Å². The van der Waals surface area contributed by atoms with Crippen molar-refractivity contribution in [3.63, 3.8) is 0 Å². The van der Waals surface area contributed by atoms with Crippen LogP contribution in [-0.4, -0.2) is 46.0 Å². The van der Waals surface area contributed by atoms with E-state index in [4.69, 9.17) is 0 Å². The van der Waals surface area contributed by atoms with Crippen molar-refractivity contribution in [2.24, 2.45) is 0 Å². The van der Waals surface area contributed by atoms with E-state index in [1.54, 1.807) is 0 Å². The van der Waals surface area contributed by atoms with Crippen LogP contribution >= 0.6 is 0 Å². The maximum Gasteiger partial charge on any atom is 0.258 e. The number of aliphatic hydroxyl groups excluding tert-OH is 1. The second-order valence-corrected chi connectivity index (χ2v) is 9.30. The highest BCUT2D eigenvalue weighted by molar-refractivity contribution is 6.07. The molecule has 1 aliphatic carbocycles. The van der Waals surface area contributed by atoms with Crippen LogP contribution in [0.25, 0.3) is 16.6 Å². The number of carbonyl (C=O) groups excluding carboxylic acids is 1. The van der Waals surface area contributed by atoms with Crippen molar-refractivity contribution in [3.8, 4) is 5.69 Å². The zero-order chi connectivity index (χ0) is 23.1. The van der Waals surface area contributed by atoms with Crippen LogP contribution in [0.3, 0.4) is 0 Å². The lowest BCUT2D eigenvalue weighted by molar-refractivity contribution is 0.0985. The molecule has 4 aromatic rings. The van der Waals surface area contributed by atoms with Crippen LogP contribution in [0.5, 0.6) is 0 Å². The number of para-hydroxylation sites is 1. The Balaban J connectivity index is 1.23. The Bertz CT molecular complexity index is 1300. The largest absolute Gasteiger partial charge is 0.393 e. The number of amides is 1. The van der Waals surface area contributed by atoms with E-state index in [2.05, 4.69) is 34.3 Å². The molecule has 1 amide bonds. The molecule has 2 aliphatic rings. The Morgan fingerprint density at radius 1 is 0.853 bits per heavy atom. The Morgan fingerprint density at radius 3 is 2.24 bits per heavy atom. The fourth-order valence-electron chi connectivity index (χ4n) is 4.84. The van der Waals surface area contributed by atoms with E-state index in [0.717, 1.165) is 66.7 Å². The van der Waals surface area contributed by atoms with Gasteiger partial charge in [0.2, 0.25) is 0 Å². The van der Waals surface area contributed by atoms with E-state index in [9.17, 15) is 9.90 Å².